The number of pyridine rings is 1. The van der Waals surface area contributed by atoms with Crippen LogP contribution in [0.4, 0.5) is 20.9 Å². The molecule has 6 rings (SSSR count). The number of halogens is 1. The fourth-order valence-electron chi connectivity index (χ4n) is 5.26. The monoisotopic (exact) mass is 560 g/mol. The minimum Gasteiger partial charge on any atom is -0.381 e. The van der Waals surface area contributed by atoms with Gasteiger partial charge in [0, 0.05) is 48.8 Å². The van der Waals surface area contributed by atoms with Crippen LogP contribution in [0.25, 0.3) is 0 Å². The van der Waals surface area contributed by atoms with Gasteiger partial charge >= 0.3 is 0 Å². The van der Waals surface area contributed by atoms with Crippen LogP contribution in [0.1, 0.15) is 47.1 Å². The molecule has 2 amide bonds. The normalized spacial score (nSPS) is 18.7. The molecule has 2 fully saturated rings. The van der Waals surface area contributed by atoms with Crippen LogP contribution in [0.3, 0.4) is 0 Å². The van der Waals surface area contributed by atoms with Gasteiger partial charge in [-0.15, -0.1) is 11.3 Å². The van der Waals surface area contributed by atoms with Gasteiger partial charge < -0.3 is 19.5 Å². The van der Waals surface area contributed by atoms with Crippen molar-refractivity contribution in [3.8, 4) is 0 Å². The number of aromatic nitrogens is 3. The van der Waals surface area contributed by atoms with Crippen molar-refractivity contribution < 1.29 is 18.7 Å². The quantitative estimate of drug-likeness (QED) is 0.291. The lowest BCUT2D eigenvalue weighted by Gasteiger charge is -2.26. The first-order chi connectivity index (χ1) is 19.5. The lowest BCUT2D eigenvalue weighted by molar-refractivity contribution is -0.119. The number of nitrogens with zero attached hydrogens (tertiary/aromatic N) is 4. The van der Waals surface area contributed by atoms with Crippen LogP contribution in [0.5, 0.6) is 0 Å². The van der Waals surface area contributed by atoms with Crippen molar-refractivity contribution in [2.24, 2.45) is 5.92 Å². The van der Waals surface area contributed by atoms with Gasteiger partial charge in [-0.1, -0.05) is 0 Å². The van der Waals surface area contributed by atoms with Gasteiger partial charge in [-0.25, -0.2) is 9.97 Å². The number of benzene rings is 1. The highest BCUT2D eigenvalue weighted by atomic mass is 32.1. The lowest BCUT2D eigenvalue weighted by atomic mass is 10.1. The van der Waals surface area contributed by atoms with E-state index in [0.29, 0.717) is 30.6 Å². The van der Waals surface area contributed by atoms with Gasteiger partial charge in [0.15, 0.2) is 5.13 Å². The first kappa shape index (κ1) is 26.1. The number of carbonyl (C=O) groups is 2. The van der Waals surface area contributed by atoms with E-state index in [0.717, 1.165) is 48.4 Å². The molecule has 0 saturated carbocycles. The van der Waals surface area contributed by atoms with E-state index < -0.39 is 5.95 Å². The predicted molar refractivity (Wildman–Crippen MR) is 151 cm³/mol. The zero-order valence-corrected chi connectivity index (χ0v) is 22.6. The van der Waals surface area contributed by atoms with Crippen LogP contribution in [-0.2, 0) is 16.1 Å². The molecule has 4 aromatic rings. The van der Waals surface area contributed by atoms with Crippen LogP contribution in [0.15, 0.2) is 66.3 Å². The van der Waals surface area contributed by atoms with E-state index in [1.165, 1.54) is 23.6 Å². The minimum atomic E-state index is -0.551. The van der Waals surface area contributed by atoms with E-state index >= 15 is 0 Å². The summed E-state index contributed by atoms with van der Waals surface area (Å²) in [6.45, 7) is 2.37. The Morgan fingerprint density at radius 2 is 2.00 bits per heavy atom. The van der Waals surface area contributed by atoms with Crippen molar-refractivity contribution in [1.29, 1.82) is 0 Å². The second-order valence-electron chi connectivity index (χ2n) is 9.99. The summed E-state index contributed by atoms with van der Waals surface area (Å²) in [5, 5.41) is 8.44. The van der Waals surface area contributed by atoms with Crippen LogP contribution < -0.4 is 15.5 Å². The second kappa shape index (κ2) is 11.6. The van der Waals surface area contributed by atoms with Crippen molar-refractivity contribution in [3.05, 3.63) is 89.2 Å². The molecule has 2 N–H and O–H groups in total. The molecule has 0 aliphatic carbocycles. The van der Waals surface area contributed by atoms with Gasteiger partial charge in [0.25, 0.3) is 5.91 Å². The third-order valence-corrected chi connectivity index (χ3v) is 8.09. The summed E-state index contributed by atoms with van der Waals surface area (Å²) in [6, 6.07) is 14.6. The molecule has 2 aliphatic rings. The number of nitrogens with one attached hydrogen (secondary N) is 2. The standard InChI is InChI=1S/C29H29FN6O3S/c30-26-15-19(9-11-31-26)16-35-12-1-4-25(35)28(38)34-29-33-23(18-40-29)24-3-2-13-36(24)22-7-5-21(6-8-22)32-27(37)20-10-14-39-17-20/h1,4-9,11-12,15,18,20,24H,2-3,10,13-14,16-17H2,(H,32,37)(H,33,34,38)/t20?,24-/m1/s1. The zero-order chi connectivity index (χ0) is 27.5. The topological polar surface area (TPSA) is 101 Å². The van der Waals surface area contributed by atoms with Crippen molar-refractivity contribution in [2.45, 2.75) is 31.8 Å². The van der Waals surface area contributed by atoms with Gasteiger partial charge in [0.1, 0.15) is 5.69 Å². The zero-order valence-electron chi connectivity index (χ0n) is 21.8. The molecule has 0 bridgehead atoms. The molecule has 9 nitrogen and oxygen atoms in total. The van der Waals surface area contributed by atoms with E-state index in [1.807, 2.05) is 29.6 Å². The Balaban J connectivity index is 1.10. The number of rotatable bonds is 8. The second-order valence-corrected chi connectivity index (χ2v) is 10.8. The summed E-state index contributed by atoms with van der Waals surface area (Å²) in [6.07, 6.45) is 5.96. The van der Waals surface area contributed by atoms with Crippen LogP contribution in [0, 0.1) is 11.9 Å². The maximum absolute atomic E-state index is 13.5. The third-order valence-electron chi connectivity index (χ3n) is 7.31. The molecule has 1 unspecified atom stereocenters. The maximum atomic E-state index is 13.5. The maximum Gasteiger partial charge on any atom is 0.274 e. The summed E-state index contributed by atoms with van der Waals surface area (Å²) in [7, 11) is 0. The average molecular weight is 561 g/mol. The molecule has 3 aromatic heterocycles. The van der Waals surface area contributed by atoms with Gasteiger partial charge in [0.05, 0.1) is 24.3 Å². The highest BCUT2D eigenvalue weighted by Gasteiger charge is 2.29. The van der Waals surface area contributed by atoms with Gasteiger partial charge in [-0.2, -0.15) is 4.39 Å². The fraction of sp³-hybridized carbons (Fsp3) is 0.310. The fourth-order valence-corrected chi connectivity index (χ4v) is 6.01. The van der Waals surface area contributed by atoms with E-state index in [4.69, 9.17) is 9.72 Å². The Bertz CT molecular complexity index is 1500. The first-order valence-corrected chi connectivity index (χ1v) is 14.2. The number of anilines is 3. The molecular weight excluding hydrogens is 531 g/mol. The van der Waals surface area contributed by atoms with Crippen LogP contribution in [0.2, 0.25) is 0 Å². The Morgan fingerprint density at radius 1 is 1.12 bits per heavy atom. The number of thiazole rings is 1. The molecule has 0 radical (unpaired) electrons. The van der Waals surface area contributed by atoms with Crippen LogP contribution >= 0.6 is 11.3 Å². The Morgan fingerprint density at radius 3 is 2.80 bits per heavy atom. The van der Waals surface area contributed by atoms with E-state index in [2.05, 4.69) is 20.5 Å². The molecule has 206 valence electrons. The predicted octanol–water partition coefficient (Wildman–Crippen LogP) is 5.10. The molecular formula is C29H29FN6O3S. The van der Waals surface area contributed by atoms with Crippen molar-refractivity contribution in [1.82, 2.24) is 14.5 Å². The minimum absolute atomic E-state index is 0.000110. The van der Waals surface area contributed by atoms with Crippen molar-refractivity contribution >= 4 is 39.7 Å². The van der Waals surface area contributed by atoms with E-state index in [9.17, 15) is 14.0 Å². The summed E-state index contributed by atoms with van der Waals surface area (Å²) in [5.41, 5.74) is 3.93. The smallest absolute Gasteiger partial charge is 0.274 e. The molecule has 40 heavy (non-hydrogen) atoms. The van der Waals surface area contributed by atoms with Crippen LogP contribution in [-0.4, -0.2) is 46.1 Å². The number of amides is 2. The SMILES string of the molecule is O=C(Nc1nc([C@H]2CCCN2c2ccc(NC(=O)C3CCOC3)cc2)cs1)c1cccn1Cc1ccnc(F)c1. The molecule has 2 atom stereocenters. The molecule has 2 saturated heterocycles. The molecule has 0 spiro atoms. The van der Waals surface area contributed by atoms with Gasteiger partial charge in [-0.3, -0.25) is 14.9 Å². The van der Waals surface area contributed by atoms with Gasteiger partial charge in [0.2, 0.25) is 11.9 Å². The van der Waals surface area contributed by atoms with E-state index in [1.54, 1.807) is 29.0 Å². The summed E-state index contributed by atoms with van der Waals surface area (Å²) in [4.78, 5) is 36.1. The lowest BCUT2D eigenvalue weighted by Crippen LogP contribution is -2.24. The van der Waals surface area contributed by atoms with Crippen molar-refractivity contribution in [3.63, 3.8) is 0 Å². The van der Waals surface area contributed by atoms with E-state index in [-0.39, 0.29) is 23.8 Å². The van der Waals surface area contributed by atoms with Crippen molar-refractivity contribution in [2.75, 3.05) is 35.3 Å². The number of hydrogen-bond acceptors (Lipinski definition) is 7. The Labute approximate surface area is 235 Å². The number of ether oxygens (including phenoxy) is 1. The third kappa shape index (κ3) is 5.75. The first-order valence-electron chi connectivity index (χ1n) is 13.3. The largest absolute Gasteiger partial charge is 0.381 e. The highest BCUT2D eigenvalue weighted by molar-refractivity contribution is 7.14. The number of carbonyl (C=O) groups excluding carboxylic acids is 2. The molecule has 2 aliphatic heterocycles. The van der Waals surface area contributed by atoms with Gasteiger partial charge in [-0.05, 0) is 73.4 Å². The number of hydrogen-bond donors (Lipinski definition) is 2. The summed E-state index contributed by atoms with van der Waals surface area (Å²) >= 11 is 1.40. The average Bonchev–Trinajstić information content (AvgIpc) is 3.77. The summed E-state index contributed by atoms with van der Waals surface area (Å²) in [5.74, 6) is -0.910. The molecule has 1 aromatic carbocycles. The Hall–Kier alpha value is -4.09. The highest BCUT2D eigenvalue weighted by Crippen LogP contribution is 2.37. The Kier molecular flexibility index (Phi) is 7.56. The summed E-state index contributed by atoms with van der Waals surface area (Å²) < 4.78 is 20.6. The molecule has 11 heteroatoms. The molecule has 5 heterocycles.